The molecule has 1 aromatic carbocycles. The number of carbonyl (C=O) groups excluding carboxylic acids is 2. The van der Waals surface area contributed by atoms with E-state index in [1.54, 1.807) is 30.3 Å². The van der Waals surface area contributed by atoms with E-state index in [2.05, 4.69) is 25.9 Å². The molecule has 0 saturated carbocycles. The van der Waals surface area contributed by atoms with Gasteiger partial charge in [0.25, 0.3) is 11.8 Å². The molecule has 134 valence electrons. The monoisotopic (exact) mass is 396 g/mol. The molecular formula is C17H12N6O2S2. The molecule has 0 radical (unpaired) electrons. The Hall–Kier alpha value is -3.24. The molecule has 8 nitrogen and oxygen atoms in total. The summed E-state index contributed by atoms with van der Waals surface area (Å²) in [5.41, 5.74) is 1.30. The number of hydrogen-bond acceptors (Lipinski definition) is 7. The third kappa shape index (κ3) is 3.27. The lowest BCUT2D eigenvalue weighted by Gasteiger charge is -2.28. The molecule has 1 saturated heterocycles. The van der Waals surface area contributed by atoms with Crippen LogP contribution < -0.4 is 10.2 Å². The van der Waals surface area contributed by atoms with Crippen molar-refractivity contribution in [2.24, 2.45) is 0 Å². The maximum Gasteiger partial charge on any atom is 0.270 e. The number of H-pyrrole nitrogens is 1. The largest absolute Gasteiger partial charge is 0.298 e. The van der Waals surface area contributed by atoms with E-state index in [0.717, 1.165) is 15.3 Å². The van der Waals surface area contributed by atoms with Crippen LogP contribution in [0.5, 0.6) is 0 Å². The number of thiocarbonyl (C=S) groups is 1. The molecule has 1 aliphatic heterocycles. The smallest absolute Gasteiger partial charge is 0.270 e. The number of thiophene rings is 1. The summed E-state index contributed by atoms with van der Waals surface area (Å²) >= 11 is 6.71. The number of nitrogens with zero attached hydrogens (tertiary/aromatic N) is 4. The Labute approximate surface area is 162 Å². The fraction of sp³-hybridized carbons (Fsp3) is 0.0588. The van der Waals surface area contributed by atoms with Crippen molar-refractivity contribution in [1.82, 2.24) is 25.9 Å². The van der Waals surface area contributed by atoms with Crippen LogP contribution >= 0.6 is 23.6 Å². The number of aryl methyl sites for hydroxylation is 1. The lowest BCUT2D eigenvalue weighted by Crippen LogP contribution is -2.54. The first-order valence-electron chi connectivity index (χ1n) is 7.85. The summed E-state index contributed by atoms with van der Waals surface area (Å²) in [4.78, 5) is 28.4. The van der Waals surface area contributed by atoms with Crippen LogP contribution in [0.3, 0.4) is 0 Å². The van der Waals surface area contributed by atoms with Gasteiger partial charge in [-0.15, -0.1) is 21.5 Å². The number of anilines is 1. The van der Waals surface area contributed by atoms with Gasteiger partial charge in [-0.1, -0.05) is 0 Å². The normalized spacial score (nSPS) is 16.1. The minimum Gasteiger partial charge on any atom is -0.298 e. The number of nitrogens with one attached hydrogen (secondary N) is 2. The first-order chi connectivity index (χ1) is 13.0. The van der Waals surface area contributed by atoms with Gasteiger partial charge < -0.3 is 0 Å². The van der Waals surface area contributed by atoms with Crippen LogP contribution in [-0.4, -0.2) is 37.6 Å². The molecule has 2 amide bonds. The highest BCUT2D eigenvalue weighted by Crippen LogP contribution is 2.26. The zero-order valence-corrected chi connectivity index (χ0v) is 15.6. The number of carbonyl (C=O) groups is 2. The van der Waals surface area contributed by atoms with Crippen LogP contribution in [0.1, 0.15) is 9.75 Å². The lowest BCUT2D eigenvalue weighted by atomic mass is 10.1. The first kappa shape index (κ1) is 17.2. The second-order valence-electron chi connectivity index (χ2n) is 5.69. The summed E-state index contributed by atoms with van der Waals surface area (Å²) in [5.74, 6) is -0.533. The molecule has 27 heavy (non-hydrogen) atoms. The highest BCUT2D eigenvalue weighted by atomic mass is 32.1. The van der Waals surface area contributed by atoms with Gasteiger partial charge in [0.2, 0.25) is 5.82 Å². The van der Waals surface area contributed by atoms with Gasteiger partial charge in [-0.25, -0.2) is 0 Å². The van der Waals surface area contributed by atoms with Gasteiger partial charge in [0.05, 0.1) is 5.69 Å². The number of rotatable bonds is 3. The van der Waals surface area contributed by atoms with Crippen molar-refractivity contribution >= 4 is 52.2 Å². The molecule has 0 unspecified atom stereocenters. The van der Waals surface area contributed by atoms with Crippen molar-refractivity contribution in [2.45, 2.75) is 6.92 Å². The number of tetrazole rings is 1. The molecule has 10 heteroatoms. The average molecular weight is 396 g/mol. The maximum atomic E-state index is 12.9. The number of hydrogen-bond donors (Lipinski definition) is 2. The minimum absolute atomic E-state index is 0.0349. The Morgan fingerprint density at radius 1 is 1.15 bits per heavy atom. The third-order valence-electron chi connectivity index (χ3n) is 3.88. The number of benzene rings is 1. The molecule has 2 aromatic heterocycles. The van der Waals surface area contributed by atoms with Crippen LogP contribution in [0.2, 0.25) is 0 Å². The predicted molar refractivity (Wildman–Crippen MR) is 105 cm³/mol. The Morgan fingerprint density at radius 2 is 1.93 bits per heavy atom. The first-order valence-corrected chi connectivity index (χ1v) is 9.07. The minimum atomic E-state index is -0.504. The van der Waals surface area contributed by atoms with E-state index in [0.29, 0.717) is 11.5 Å². The number of amides is 2. The second-order valence-corrected chi connectivity index (χ2v) is 7.39. The Balaban J connectivity index is 1.67. The van der Waals surface area contributed by atoms with Crippen molar-refractivity contribution in [3.63, 3.8) is 0 Å². The highest BCUT2D eigenvalue weighted by molar-refractivity contribution is 7.80. The van der Waals surface area contributed by atoms with E-state index in [1.807, 2.05) is 19.1 Å². The van der Waals surface area contributed by atoms with Gasteiger partial charge in [0.1, 0.15) is 5.57 Å². The number of aromatic amines is 1. The van der Waals surface area contributed by atoms with Crippen LogP contribution in [0, 0.1) is 6.92 Å². The van der Waals surface area contributed by atoms with E-state index in [9.17, 15) is 9.59 Å². The van der Waals surface area contributed by atoms with Crippen LogP contribution in [0.25, 0.3) is 17.5 Å². The van der Waals surface area contributed by atoms with Crippen molar-refractivity contribution in [1.29, 1.82) is 0 Å². The molecular weight excluding hydrogens is 384 g/mol. The van der Waals surface area contributed by atoms with E-state index in [1.165, 1.54) is 16.2 Å². The van der Waals surface area contributed by atoms with E-state index >= 15 is 0 Å². The molecule has 0 bridgehead atoms. The number of aromatic nitrogens is 4. The predicted octanol–water partition coefficient (Wildman–Crippen LogP) is 2.07. The molecule has 1 aliphatic rings. The Morgan fingerprint density at radius 3 is 2.56 bits per heavy atom. The van der Waals surface area contributed by atoms with Crippen LogP contribution in [0.4, 0.5) is 5.69 Å². The fourth-order valence-electron chi connectivity index (χ4n) is 2.61. The zero-order chi connectivity index (χ0) is 19.0. The van der Waals surface area contributed by atoms with Crippen molar-refractivity contribution in [3.8, 4) is 11.4 Å². The molecule has 3 heterocycles. The molecule has 3 aromatic rings. The Bertz CT molecular complexity index is 1070. The van der Waals surface area contributed by atoms with Gasteiger partial charge >= 0.3 is 0 Å². The zero-order valence-electron chi connectivity index (χ0n) is 14.0. The highest BCUT2D eigenvalue weighted by Gasteiger charge is 2.34. The molecule has 2 N–H and O–H groups in total. The summed E-state index contributed by atoms with van der Waals surface area (Å²) in [6.07, 6.45) is 1.58. The van der Waals surface area contributed by atoms with Crippen molar-refractivity contribution in [2.75, 3.05) is 4.90 Å². The van der Waals surface area contributed by atoms with Crippen molar-refractivity contribution in [3.05, 3.63) is 51.7 Å². The molecule has 0 spiro atoms. The van der Waals surface area contributed by atoms with Gasteiger partial charge in [-0.2, -0.15) is 5.21 Å². The standard InChI is InChI=1S/C17H12N6O2S2/c1-9-2-7-12(27-9)8-13-15(24)18-17(26)23(16(13)25)11-5-3-10(4-6-11)14-19-21-22-20-14/h2-8H,1H3,(H,18,24,26)(H,19,20,21,22). The summed E-state index contributed by atoms with van der Waals surface area (Å²) in [6.45, 7) is 1.96. The molecule has 0 aliphatic carbocycles. The third-order valence-corrected chi connectivity index (χ3v) is 5.11. The van der Waals surface area contributed by atoms with E-state index in [-0.39, 0.29) is 10.7 Å². The molecule has 1 fully saturated rings. The van der Waals surface area contributed by atoms with Crippen LogP contribution in [0.15, 0.2) is 42.0 Å². The topological polar surface area (TPSA) is 104 Å². The van der Waals surface area contributed by atoms with Gasteiger partial charge in [0, 0.05) is 15.3 Å². The average Bonchev–Trinajstić information content (AvgIpc) is 3.31. The second kappa shape index (κ2) is 6.82. The molecule has 4 rings (SSSR count). The van der Waals surface area contributed by atoms with E-state index < -0.39 is 11.8 Å². The van der Waals surface area contributed by atoms with Crippen molar-refractivity contribution < 1.29 is 9.59 Å². The SMILES string of the molecule is Cc1ccc(C=C2C(=O)NC(=S)N(c3ccc(-c4nn[nH]n4)cc3)C2=O)s1. The quantitative estimate of drug-likeness (QED) is 0.399. The van der Waals surface area contributed by atoms with E-state index in [4.69, 9.17) is 12.2 Å². The van der Waals surface area contributed by atoms with Gasteiger partial charge in [0.15, 0.2) is 5.11 Å². The van der Waals surface area contributed by atoms with Crippen LogP contribution in [-0.2, 0) is 9.59 Å². The maximum absolute atomic E-state index is 12.9. The fourth-order valence-corrected chi connectivity index (χ4v) is 3.71. The van der Waals surface area contributed by atoms with Gasteiger partial charge in [-0.3, -0.25) is 19.8 Å². The van der Waals surface area contributed by atoms with Gasteiger partial charge in [-0.05, 0) is 66.8 Å². The summed E-state index contributed by atoms with van der Waals surface area (Å²) in [7, 11) is 0. The summed E-state index contributed by atoms with van der Waals surface area (Å²) in [5, 5.41) is 16.3. The Kier molecular flexibility index (Phi) is 4.34. The summed E-state index contributed by atoms with van der Waals surface area (Å²) in [6, 6.07) is 10.7. The molecule has 0 atom stereocenters. The summed E-state index contributed by atoms with van der Waals surface area (Å²) < 4.78 is 0. The lowest BCUT2D eigenvalue weighted by molar-refractivity contribution is -0.122.